The van der Waals surface area contributed by atoms with Gasteiger partial charge in [-0.15, -0.1) is 0 Å². The van der Waals surface area contributed by atoms with E-state index in [1.807, 2.05) is 35.2 Å². The van der Waals surface area contributed by atoms with E-state index in [0.717, 1.165) is 18.4 Å². The lowest BCUT2D eigenvalue weighted by molar-refractivity contribution is 0.0684. The molecule has 8 heteroatoms. The fourth-order valence-electron chi connectivity index (χ4n) is 2.94. The van der Waals surface area contributed by atoms with Crippen LogP contribution in [0.1, 0.15) is 28.9 Å². The van der Waals surface area contributed by atoms with Gasteiger partial charge in [0, 0.05) is 19.7 Å². The second-order valence-corrected chi connectivity index (χ2v) is 6.26. The first kappa shape index (κ1) is 17.9. The molecule has 2 aromatic rings. The number of carboxylic acid groups (broad SMARTS) is 1. The van der Waals surface area contributed by atoms with Gasteiger partial charge < -0.3 is 19.8 Å². The molecule has 26 heavy (non-hydrogen) atoms. The molecule has 1 aromatic heterocycles. The van der Waals surface area contributed by atoms with E-state index in [2.05, 4.69) is 9.97 Å². The molecule has 8 nitrogen and oxygen atoms in total. The summed E-state index contributed by atoms with van der Waals surface area (Å²) in [5, 5.41) is 18.7. The predicted octanol–water partition coefficient (Wildman–Crippen LogP) is 1.26. The number of rotatable bonds is 6. The highest BCUT2D eigenvalue weighted by Gasteiger charge is 2.24. The van der Waals surface area contributed by atoms with Crippen molar-refractivity contribution in [3.05, 3.63) is 51.9 Å². The molecule has 138 valence electrons. The Morgan fingerprint density at radius 2 is 1.96 bits per heavy atom. The summed E-state index contributed by atoms with van der Waals surface area (Å²) < 4.78 is 5.45. The molecule has 0 bridgehead atoms. The molecule has 1 saturated heterocycles. The molecule has 0 spiro atoms. The number of aliphatic hydroxyl groups is 1. The summed E-state index contributed by atoms with van der Waals surface area (Å²) >= 11 is 0. The van der Waals surface area contributed by atoms with E-state index in [4.69, 9.17) is 4.74 Å². The first-order chi connectivity index (χ1) is 12.6. The summed E-state index contributed by atoms with van der Waals surface area (Å²) in [4.78, 5) is 32.5. The lowest BCUT2D eigenvalue weighted by Crippen LogP contribution is -2.37. The average Bonchev–Trinajstić information content (AvgIpc) is 2.67. The molecule has 1 fully saturated rings. The molecule has 0 atom stereocenters. The smallest absolute Gasteiger partial charge is 0.358 e. The molecule has 1 aromatic carbocycles. The molecule has 0 aliphatic carbocycles. The van der Waals surface area contributed by atoms with Crippen molar-refractivity contribution in [2.75, 3.05) is 24.6 Å². The number of anilines is 1. The number of aliphatic hydroxyl groups excluding tert-OH is 1. The van der Waals surface area contributed by atoms with Gasteiger partial charge in [0.1, 0.15) is 6.61 Å². The summed E-state index contributed by atoms with van der Waals surface area (Å²) in [5.41, 5.74) is -0.199. The van der Waals surface area contributed by atoms with Crippen LogP contribution in [-0.2, 0) is 6.61 Å². The third-order valence-electron chi connectivity index (χ3n) is 4.47. The van der Waals surface area contributed by atoms with Gasteiger partial charge in [-0.3, -0.25) is 9.78 Å². The second-order valence-electron chi connectivity index (χ2n) is 6.26. The highest BCUT2D eigenvalue weighted by molar-refractivity contribution is 5.88. The number of hydrogen-bond donors (Lipinski definition) is 3. The van der Waals surface area contributed by atoms with Gasteiger partial charge in [-0.1, -0.05) is 30.3 Å². The highest BCUT2D eigenvalue weighted by atomic mass is 16.5. The number of carbonyl (C=O) groups is 1. The van der Waals surface area contributed by atoms with Gasteiger partial charge in [-0.2, -0.15) is 0 Å². The van der Waals surface area contributed by atoms with Crippen molar-refractivity contribution in [2.45, 2.75) is 19.4 Å². The number of hydrogen-bond acceptors (Lipinski definition) is 6. The van der Waals surface area contributed by atoms with E-state index in [9.17, 15) is 19.8 Å². The second kappa shape index (κ2) is 8.01. The van der Waals surface area contributed by atoms with Gasteiger partial charge in [-0.25, -0.2) is 9.78 Å². The molecule has 2 heterocycles. The van der Waals surface area contributed by atoms with Crippen molar-refractivity contribution in [2.24, 2.45) is 5.92 Å². The fraction of sp³-hybridized carbons (Fsp3) is 0.389. The molecule has 0 amide bonds. The monoisotopic (exact) mass is 359 g/mol. The molecular weight excluding hydrogens is 338 g/mol. The molecule has 3 rings (SSSR count). The molecule has 0 unspecified atom stereocenters. The summed E-state index contributed by atoms with van der Waals surface area (Å²) in [7, 11) is 0. The van der Waals surface area contributed by atoms with E-state index >= 15 is 0 Å². The minimum atomic E-state index is -1.31. The Hall–Kier alpha value is -2.87. The zero-order valence-corrected chi connectivity index (χ0v) is 14.2. The molecule has 0 radical (unpaired) electrons. The molecular formula is C18H21N3O5. The van der Waals surface area contributed by atoms with Crippen LogP contribution in [0, 0.1) is 5.92 Å². The van der Waals surface area contributed by atoms with Gasteiger partial charge in [-0.05, 0) is 24.3 Å². The quantitative estimate of drug-likeness (QED) is 0.711. The number of piperidine rings is 1. The normalized spacial score (nSPS) is 15.0. The third-order valence-corrected chi connectivity index (χ3v) is 4.47. The first-order valence-corrected chi connectivity index (χ1v) is 8.48. The van der Waals surface area contributed by atoms with Crippen LogP contribution in [0.15, 0.2) is 35.1 Å². The van der Waals surface area contributed by atoms with Crippen molar-refractivity contribution in [3.63, 3.8) is 0 Å². The molecule has 1 aliphatic rings. The standard InChI is InChI=1S/C18H21N3O5/c22-10-12-6-8-21(9-7-12)18-19-14(17(24)25)15(16(23)20-18)26-11-13-4-2-1-3-5-13/h1-5,12,22H,6-11H2,(H,24,25)(H,19,20,23). The largest absolute Gasteiger partial charge is 0.481 e. The lowest BCUT2D eigenvalue weighted by atomic mass is 9.98. The maximum absolute atomic E-state index is 12.4. The lowest BCUT2D eigenvalue weighted by Gasteiger charge is -2.31. The Morgan fingerprint density at radius 3 is 2.58 bits per heavy atom. The molecule has 3 N–H and O–H groups in total. The van der Waals surface area contributed by atoms with Crippen LogP contribution in [0.3, 0.4) is 0 Å². The Labute approximate surface area is 150 Å². The van der Waals surface area contributed by atoms with Crippen LogP contribution in [0.25, 0.3) is 0 Å². The van der Waals surface area contributed by atoms with Crippen molar-refractivity contribution < 1.29 is 19.7 Å². The van der Waals surface area contributed by atoms with Crippen molar-refractivity contribution in [3.8, 4) is 5.75 Å². The first-order valence-electron chi connectivity index (χ1n) is 8.48. The van der Waals surface area contributed by atoms with Crippen LogP contribution in [-0.4, -0.2) is 45.8 Å². The van der Waals surface area contributed by atoms with Crippen LogP contribution in [0.2, 0.25) is 0 Å². The summed E-state index contributed by atoms with van der Waals surface area (Å²) in [6.45, 7) is 1.40. The van der Waals surface area contributed by atoms with Crippen molar-refractivity contribution >= 4 is 11.9 Å². The maximum Gasteiger partial charge on any atom is 0.358 e. The van der Waals surface area contributed by atoms with Crippen LogP contribution in [0.5, 0.6) is 5.75 Å². The number of benzene rings is 1. The maximum atomic E-state index is 12.4. The van der Waals surface area contributed by atoms with Gasteiger partial charge in [0.25, 0.3) is 5.56 Å². The zero-order chi connectivity index (χ0) is 18.5. The summed E-state index contributed by atoms with van der Waals surface area (Å²) in [5.74, 6) is -1.16. The minimum absolute atomic E-state index is 0.0765. The Balaban J connectivity index is 1.82. The average molecular weight is 359 g/mol. The van der Waals surface area contributed by atoms with Crippen LogP contribution < -0.4 is 15.2 Å². The predicted molar refractivity (Wildman–Crippen MR) is 94.6 cm³/mol. The highest BCUT2D eigenvalue weighted by Crippen LogP contribution is 2.22. The third kappa shape index (κ3) is 4.02. The van der Waals surface area contributed by atoms with Gasteiger partial charge in [0.2, 0.25) is 11.7 Å². The van der Waals surface area contributed by atoms with Gasteiger partial charge >= 0.3 is 5.97 Å². The van der Waals surface area contributed by atoms with Crippen LogP contribution >= 0.6 is 0 Å². The SMILES string of the molecule is O=C(O)c1nc(N2CCC(CO)CC2)[nH]c(=O)c1OCc1ccccc1. The number of aromatic nitrogens is 2. The number of nitrogens with zero attached hydrogens (tertiary/aromatic N) is 2. The van der Waals surface area contributed by atoms with E-state index in [1.165, 1.54) is 0 Å². The van der Waals surface area contributed by atoms with E-state index < -0.39 is 17.2 Å². The van der Waals surface area contributed by atoms with E-state index in [1.54, 1.807) is 0 Å². The Kier molecular flexibility index (Phi) is 5.52. The van der Waals surface area contributed by atoms with E-state index in [0.29, 0.717) is 13.1 Å². The Morgan fingerprint density at radius 1 is 1.27 bits per heavy atom. The fourth-order valence-corrected chi connectivity index (χ4v) is 2.94. The number of aromatic carboxylic acids is 1. The number of carboxylic acids is 1. The topological polar surface area (TPSA) is 116 Å². The van der Waals surface area contributed by atoms with Crippen LogP contribution in [0.4, 0.5) is 5.95 Å². The van der Waals surface area contributed by atoms with Gasteiger partial charge in [0.15, 0.2) is 5.69 Å². The van der Waals surface area contributed by atoms with Crippen molar-refractivity contribution in [1.29, 1.82) is 0 Å². The number of aromatic amines is 1. The number of nitrogens with one attached hydrogen (secondary N) is 1. The van der Waals surface area contributed by atoms with Crippen molar-refractivity contribution in [1.82, 2.24) is 9.97 Å². The summed E-state index contributed by atoms with van der Waals surface area (Å²) in [6.07, 6.45) is 1.52. The Bertz CT molecular complexity index is 813. The number of H-pyrrole nitrogens is 1. The number of ether oxygens (including phenoxy) is 1. The zero-order valence-electron chi connectivity index (χ0n) is 14.2. The minimum Gasteiger partial charge on any atom is -0.481 e. The van der Waals surface area contributed by atoms with Gasteiger partial charge in [0.05, 0.1) is 0 Å². The summed E-state index contributed by atoms with van der Waals surface area (Å²) in [6, 6.07) is 9.16. The van der Waals surface area contributed by atoms with E-state index in [-0.39, 0.29) is 30.8 Å². The molecule has 0 saturated carbocycles. The molecule has 1 aliphatic heterocycles.